The maximum Gasteiger partial charge on any atom is 0.193 e. The van der Waals surface area contributed by atoms with Crippen molar-refractivity contribution in [2.75, 3.05) is 6.54 Å². The van der Waals surface area contributed by atoms with Crippen molar-refractivity contribution in [2.24, 2.45) is 5.73 Å². The van der Waals surface area contributed by atoms with E-state index in [1.807, 2.05) is 30.3 Å². The van der Waals surface area contributed by atoms with Crippen LogP contribution in [0.25, 0.3) is 0 Å². The van der Waals surface area contributed by atoms with E-state index in [2.05, 4.69) is 12.1 Å². The third-order valence-corrected chi connectivity index (χ3v) is 4.12. The first kappa shape index (κ1) is 16.1. The van der Waals surface area contributed by atoms with Crippen LogP contribution in [0, 0.1) is 5.82 Å². The highest BCUT2D eigenvalue weighted by molar-refractivity contribution is 6.08. The predicted octanol–water partition coefficient (Wildman–Crippen LogP) is 4.15. The van der Waals surface area contributed by atoms with Crippen molar-refractivity contribution in [3.8, 4) is 0 Å². The first-order valence-electron chi connectivity index (χ1n) is 7.84. The van der Waals surface area contributed by atoms with Crippen LogP contribution < -0.4 is 5.73 Å². The minimum Gasteiger partial charge on any atom is -0.330 e. The van der Waals surface area contributed by atoms with Gasteiger partial charge in [0, 0.05) is 23.6 Å². The van der Waals surface area contributed by atoms with Gasteiger partial charge in [-0.3, -0.25) is 4.79 Å². The molecule has 0 aromatic heterocycles. The van der Waals surface area contributed by atoms with Crippen molar-refractivity contribution in [2.45, 2.75) is 5.92 Å². The Hall–Kier alpha value is -2.78. The molecule has 0 spiro atoms. The Morgan fingerprint density at radius 1 is 0.792 bits per heavy atom. The molecule has 1 atom stereocenters. The van der Waals surface area contributed by atoms with E-state index in [0.29, 0.717) is 17.7 Å². The van der Waals surface area contributed by atoms with E-state index in [-0.39, 0.29) is 17.5 Å². The van der Waals surface area contributed by atoms with Gasteiger partial charge < -0.3 is 5.73 Å². The van der Waals surface area contributed by atoms with Gasteiger partial charge in [-0.05, 0) is 35.4 Å². The van der Waals surface area contributed by atoms with Crippen LogP contribution in [0.1, 0.15) is 33.0 Å². The van der Waals surface area contributed by atoms with Crippen molar-refractivity contribution in [1.29, 1.82) is 0 Å². The normalized spacial score (nSPS) is 11.9. The Kier molecular flexibility index (Phi) is 4.82. The van der Waals surface area contributed by atoms with Crippen LogP contribution in [0.4, 0.5) is 4.39 Å². The molecule has 3 heteroatoms. The zero-order valence-electron chi connectivity index (χ0n) is 13.2. The zero-order valence-corrected chi connectivity index (χ0v) is 13.2. The van der Waals surface area contributed by atoms with E-state index in [9.17, 15) is 9.18 Å². The molecule has 0 saturated heterocycles. The largest absolute Gasteiger partial charge is 0.330 e. The fourth-order valence-corrected chi connectivity index (χ4v) is 2.78. The molecule has 0 saturated carbocycles. The summed E-state index contributed by atoms with van der Waals surface area (Å²) < 4.78 is 13.0. The van der Waals surface area contributed by atoms with Gasteiger partial charge in [0.05, 0.1) is 0 Å². The Balaban J connectivity index is 1.84. The van der Waals surface area contributed by atoms with Gasteiger partial charge in [0.15, 0.2) is 5.78 Å². The van der Waals surface area contributed by atoms with Crippen molar-refractivity contribution in [1.82, 2.24) is 0 Å². The lowest BCUT2D eigenvalue weighted by molar-refractivity contribution is 0.103. The molecule has 1 unspecified atom stereocenters. The van der Waals surface area contributed by atoms with Crippen LogP contribution in [0.15, 0.2) is 78.9 Å². The van der Waals surface area contributed by atoms with E-state index in [0.717, 1.165) is 11.1 Å². The van der Waals surface area contributed by atoms with E-state index in [1.165, 1.54) is 24.3 Å². The second kappa shape index (κ2) is 7.20. The molecule has 0 bridgehead atoms. The van der Waals surface area contributed by atoms with E-state index >= 15 is 0 Å². The van der Waals surface area contributed by atoms with Gasteiger partial charge in [0.25, 0.3) is 0 Å². The molecule has 120 valence electrons. The van der Waals surface area contributed by atoms with Crippen LogP contribution in [0.2, 0.25) is 0 Å². The van der Waals surface area contributed by atoms with Gasteiger partial charge in [-0.25, -0.2) is 4.39 Å². The van der Waals surface area contributed by atoms with Gasteiger partial charge in [0.2, 0.25) is 0 Å². The Morgan fingerprint density at radius 2 is 1.29 bits per heavy atom. The van der Waals surface area contributed by atoms with Gasteiger partial charge in [-0.2, -0.15) is 0 Å². The Morgan fingerprint density at radius 3 is 1.83 bits per heavy atom. The molecule has 3 rings (SSSR count). The molecule has 0 radical (unpaired) electrons. The lowest BCUT2D eigenvalue weighted by Gasteiger charge is -2.16. The molecule has 0 aliphatic carbocycles. The third kappa shape index (κ3) is 3.42. The highest BCUT2D eigenvalue weighted by Gasteiger charge is 2.14. The van der Waals surface area contributed by atoms with Crippen LogP contribution in [0.5, 0.6) is 0 Å². The van der Waals surface area contributed by atoms with Gasteiger partial charge in [-0.15, -0.1) is 0 Å². The minimum absolute atomic E-state index is 0.0983. The maximum absolute atomic E-state index is 13.0. The lowest BCUT2D eigenvalue weighted by Crippen LogP contribution is -2.14. The summed E-state index contributed by atoms with van der Waals surface area (Å²) in [5.41, 5.74) is 9.21. The first-order chi connectivity index (χ1) is 11.7. The quantitative estimate of drug-likeness (QED) is 0.718. The zero-order chi connectivity index (χ0) is 16.9. The fourth-order valence-electron chi connectivity index (χ4n) is 2.78. The molecule has 2 nitrogen and oxygen atoms in total. The fraction of sp³-hybridized carbons (Fsp3) is 0.0952. The number of rotatable bonds is 5. The summed E-state index contributed by atoms with van der Waals surface area (Å²) in [7, 11) is 0. The van der Waals surface area contributed by atoms with Gasteiger partial charge in [0.1, 0.15) is 5.82 Å². The van der Waals surface area contributed by atoms with E-state index < -0.39 is 0 Å². The maximum atomic E-state index is 13.0. The number of halogens is 1. The van der Waals surface area contributed by atoms with E-state index in [1.54, 1.807) is 12.1 Å². The summed E-state index contributed by atoms with van der Waals surface area (Å²) in [6.07, 6.45) is 0. The van der Waals surface area contributed by atoms with Crippen LogP contribution in [-0.4, -0.2) is 12.3 Å². The number of nitrogens with two attached hydrogens (primary N) is 1. The topological polar surface area (TPSA) is 43.1 Å². The second-order valence-corrected chi connectivity index (χ2v) is 5.66. The lowest BCUT2D eigenvalue weighted by atomic mass is 9.90. The molecule has 0 fully saturated rings. The molecule has 0 aliphatic heterocycles. The molecule has 0 heterocycles. The van der Waals surface area contributed by atoms with Crippen LogP contribution in [-0.2, 0) is 0 Å². The first-order valence-corrected chi connectivity index (χ1v) is 7.84. The molecular weight excluding hydrogens is 301 g/mol. The Labute approximate surface area is 140 Å². The van der Waals surface area contributed by atoms with Gasteiger partial charge >= 0.3 is 0 Å². The van der Waals surface area contributed by atoms with Crippen molar-refractivity contribution in [3.05, 3.63) is 107 Å². The SMILES string of the molecule is NCC(c1ccccc1)c1ccc(C(=O)c2ccc(F)cc2)cc1. The number of hydrogen-bond acceptors (Lipinski definition) is 2. The predicted molar refractivity (Wildman–Crippen MR) is 93.6 cm³/mol. The summed E-state index contributed by atoms with van der Waals surface area (Å²) >= 11 is 0. The molecule has 0 aliphatic rings. The summed E-state index contributed by atoms with van der Waals surface area (Å²) in [4.78, 5) is 12.4. The molecule has 2 N–H and O–H groups in total. The highest BCUT2D eigenvalue weighted by atomic mass is 19.1. The highest BCUT2D eigenvalue weighted by Crippen LogP contribution is 2.24. The number of hydrogen-bond donors (Lipinski definition) is 1. The summed E-state index contributed by atoms with van der Waals surface area (Å²) in [5, 5.41) is 0. The van der Waals surface area contributed by atoms with Crippen molar-refractivity contribution < 1.29 is 9.18 Å². The minimum atomic E-state index is -0.351. The van der Waals surface area contributed by atoms with Crippen LogP contribution in [0.3, 0.4) is 0 Å². The summed E-state index contributed by atoms with van der Waals surface area (Å²) in [6, 6.07) is 23.1. The average molecular weight is 319 g/mol. The number of carbonyl (C=O) groups excluding carboxylic acids is 1. The molecule has 0 amide bonds. The Bertz CT molecular complexity index is 811. The molecular formula is C21H18FNO. The monoisotopic (exact) mass is 319 g/mol. The van der Waals surface area contributed by atoms with Crippen molar-refractivity contribution >= 4 is 5.78 Å². The second-order valence-electron chi connectivity index (χ2n) is 5.66. The van der Waals surface area contributed by atoms with E-state index in [4.69, 9.17) is 5.73 Å². The molecule has 3 aromatic rings. The third-order valence-electron chi connectivity index (χ3n) is 4.12. The smallest absolute Gasteiger partial charge is 0.193 e. The summed E-state index contributed by atoms with van der Waals surface area (Å²) in [6.45, 7) is 0.495. The van der Waals surface area contributed by atoms with Gasteiger partial charge in [-0.1, -0.05) is 54.6 Å². The average Bonchev–Trinajstić information content (AvgIpc) is 2.64. The molecule has 24 heavy (non-hydrogen) atoms. The number of carbonyl (C=O) groups is 1. The van der Waals surface area contributed by atoms with Crippen LogP contribution >= 0.6 is 0 Å². The summed E-state index contributed by atoms with van der Waals surface area (Å²) in [5.74, 6) is -0.373. The number of benzene rings is 3. The number of ketones is 1. The molecule has 3 aromatic carbocycles. The van der Waals surface area contributed by atoms with Crippen molar-refractivity contribution in [3.63, 3.8) is 0 Å². The standard InChI is InChI=1S/C21H18FNO/c22-19-12-10-18(11-13-19)21(24)17-8-6-16(7-9-17)20(14-23)15-4-2-1-3-5-15/h1-13,20H,14,23H2.